The van der Waals surface area contributed by atoms with Gasteiger partial charge in [0.15, 0.2) is 11.6 Å². The number of halogens is 2. The third-order valence-electron chi connectivity index (χ3n) is 5.06. The summed E-state index contributed by atoms with van der Waals surface area (Å²) < 4.78 is 38.2. The van der Waals surface area contributed by atoms with Gasteiger partial charge in [0.05, 0.1) is 17.2 Å². The molecule has 2 aromatic rings. The number of esters is 1. The highest BCUT2D eigenvalue weighted by Gasteiger charge is 2.23. The van der Waals surface area contributed by atoms with E-state index < -0.39 is 28.9 Å². The van der Waals surface area contributed by atoms with Gasteiger partial charge in [0.1, 0.15) is 6.07 Å². The van der Waals surface area contributed by atoms with Crippen LogP contribution in [0.5, 0.6) is 5.75 Å². The van der Waals surface area contributed by atoms with Crippen LogP contribution in [0.4, 0.5) is 8.78 Å². The molecule has 1 saturated carbocycles. The third-order valence-corrected chi connectivity index (χ3v) is 5.06. The predicted octanol–water partition coefficient (Wildman–Crippen LogP) is 5.12. The van der Waals surface area contributed by atoms with E-state index in [-0.39, 0.29) is 5.56 Å². The Hall–Kier alpha value is -2.78. The van der Waals surface area contributed by atoms with E-state index >= 15 is 0 Å². The van der Waals surface area contributed by atoms with Crippen LogP contribution in [0, 0.1) is 23.0 Å². The molecule has 2 aromatic carbocycles. The molecule has 146 valence electrons. The lowest BCUT2D eigenvalue weighted by Gasteiger charge is -2.28. The second-order valence-electron chi connectivity index (χ2n) is 6.79. The molecule has 3 rings (SSSR count). The summed E-state index contributed by atoms with van der Waals surface area (Å²) in [6, 6.07) is 10.7. The summed E-state index contributed by atoms with van der Waals surface area (Å²) in [5.74, 6) is -3.58. The van der Waals surface area contributed by atoms with Crippen LogP contribution in [0.25, 0.3) is 0 Å². The van der Waals surface area contributed by atoms with Crippen molar-refractivity contribution in [2.75, 3.05) is 6.61 Å². The molecule has 0 spiro atoms. The molecule has 0 unspecified atom stereocenters. The lowest BCUT2D eigenvalue weighted by molar-refractivity contribution is 0.0328. The summed E-state index contributed by atoms with van der Waals surface area (Å²) in [4.78, 5) is 12.2. The van der Waals surface area contributed by atoms with Crippen molar-refractivity contribution >= 4 is 5.97 Å². The van der Waals surface area contributed by atoms with E-state index in [0.29, 0.717) is 12.0 Å². The first-order valence-electron chi connectivity index (χ1n) is 9.35. The summed E-state index contributed by atoms with van der Waals surface area (Å²) in [6.45, 7) is 2.73. The average molecular weight is 385 g/mol. The Balaban J connectivity index is 1.65. The number of nitrogens with zero attached hydrogens (tertiary/aromatic N) is 1. The molecule has 4 nitrogen and oxygen atoms in total. The van der Waals surface area contributed by atoms with Crippen molar-refractivity contribution in [3.05, 3.63) is 64.7 Å². The molecule has 1 aliphatic rings. The van der Waals surface area contributed by atoms with E-state index in [1.54, 1.807) is 12.1 Å². The number of ether oxygens (including phenoxy) is 2. The summed E-state index contributed by atoms with van der Waals surface area (Å²) in [6.07, 6.45) is 4.43. The fourth-order valence-electron chi connectivity index (χ4n) is 3.55. The van der Waals surface area contributed by atoms with Gasteiger partial charge < -0.3 is 9.47 Å². The second kappa shape index (κ2) is 8.94. The number of carbonyl (C=O) groups excluding carboxylic acids is 1. The predicted molar refractivity (Wildman–Crippen MR) is 99.1 cm³/mol. The zero-order valence-corrected chi connectivity index (χ0v) is 15.6. The second-order valence-corrected chi connectivity index (χ2v) is 6.79. The molecular weight excluding hydrogens is 364 g/mol. The van der Waals surface area contributed by atoms with Crippen LogP contribution >= 0.6 is 0 Å². The quantitative estimate of drug-likeness (QED) is 0.530. The maximum atomic E-state index is 13.9. The van der Waals surface area contributed by atoms with Gasteiger partial charge in [-0.15, -0.1) is 0 Å². The Morgan fingerprint density at radius 3 is 2.36 bits per heavy atom. The number of carbonyl (C=O) groups is 1. The van der Waals surface area contributed by atoms with Gasteiger partial charge in [-0.3, -0.25) is 0 Å². The maximum absolute atomic E-state index is 13.9. The van der Waals surface area contributed by atoms with Gasteiger partial charge >= 0.3 is 5.97 Å². The molecule has 28 heavy (non-hydrogen) atoms. The SMILES string of the molecule is CCO[C@H]1CC[C@H](c2ccc(C(=O)Oc3ccc(C#N)c(F)c3F)cc2)CC1. The fourth-order valence-corrected chi connectivity index (χ4v) is 3.55. The van der Waals surface area contributed by atoms with Crippen LogP contribution in [-0.4, -0.2) is 18.7 Å². The third kappa shape index (κ3) is 4.37. The van der Waals surface area contributed by atoms with Crippen LogP contribution in [0.1, 0.15) is 60.0 Å². The molecule has 0 N–H and O–H groups in total. The molecule has 0 bridgehead atoms. The Morgan fingerprint density at radius 1 is 1.07 bits per heavy atom. The van der Waals surface area contributed by atoms with Crippen molar-refractivity contribution in [1.29, 1.82) is 5.26 Å². The minimum Gasteiger partial charge on any atom is -0.420 e. The Kier molecular flexibility index (Phi) is 6.37. The van der Waals surface area contributed by atoms with Gasteiger partial charge in [0, 0.05) is 6.61 Å². The van der Waals surface area contributed by atoms with E-state index in [0.717, 1.165) is 50.0 Å². The van der Waals surface area contributed by atoms with E-state index in [9.17, 15) is 13.6 Å². The van der Waals surface area contributed by atoms with Gasteiger partial charge in [-0.25, -0.2) is 9.18 Å². The lowest BCUT2D eigenvalue weighted by Crippen LogP contribution is -2.20. The summed E-state index contributed by atoms with van der Waals surface area (Å²) in [7, 11) is 0. The van der Waals surface area contributed by atoms with Crippen molar-refractivity contribution < 1.29 is 23.0 Å². The summed E-state index contributed by atoms with van der Waals surface area (Å²) in [5.41, 5.74) is 0.943. The number of hydrogen-bond donors (Lipinski definition) is 0. The van der Waals surface area contributed by atoms with E-state index in [4.69, 9.17) is 14.7 Å². The Bertz CT molecular complexity index is 882. The highest BCUT2D eigenvalue weighted by Crippen LogP contribution is 2.34. The molecule has 0 atom stereocenters. The highest BCUT2D eigenvalue weighted by atomic mass is 19.2. The van der Waals surface area contributed by atoms with Gasteiger partial charge in [-0.1, -0.05) is 12.1 Å². The Morgan fingerprint density at radius 2 is 1.75 bits per heavy atom. The zero-order chi connectivity index (χ0) is 20.1. The van der Waals surface area contributed by atoms with Crippen LogP contribution in [-0.2, 0) is 4.74 Å². The minimum absolute atomic E-state index is 0.246. The monoisotopic (exact) mass is 385 g/mol. The van der Waals surface area contributed by atoms with Gasteiger partial charge in [0.2, 0.25) is 5.82 Å². The number of nitriles is 1. The van der Waals surface area contributed by atoms with Crippen molar-refractivity contribution in [2.45, 2.75) is 44.6 Å². The van der Waals surface area contributed by atoms with Gasteiger partial charge in [-0.05, 0) is 68.4 Å². The smallest absolute Gasteiger partial charge is 0.343 e. The number of rotatable bonds is 5. The lowest BCUT2D eigenvalue weighted by atomic mass is 9.82. The largest absolute Gasteiger partial charge is 0.420 e. The molecule has 0 aromatic heterocycles. The van der Waals surface area contributed by atoms with Crippen molar-refractivity contribution in [3.63, 3.8) is 0 Å². The van der Waals surface area contributed by atoms with Gasteiger partial charge in [-0.2, -0.15) is 9.65 Å². The van der Waals surface area contributed by atoms with E-state index in [2.05, 4.69) is 0 Å². The standard InChI is InChI=1S/C22H21F2NO3/c1-2-27-18-10-7-15(8-11-18)14-3-5-16(6-4-14)22(26)28-19-12-9-17(13-25)20(23)21(19)24/h3-6,9,12,15,18H,2,7-8,10-11H2,1H3/t15-,18-. The molecule has 0 heterocycles. The average Bonchev–Trinajstić information content (AvgIpc) is 2.72. The number of benzene rings is 2. The first kappa shape index (κ1) is 20.0. The van der Waals surface area contributed by atoms with Gasteiger partial charge in [0.25, 0.3) is 0 Å². The molecule has 0 saturated heterocycles. The molecule has 1 aliphatic carbocycles. The highest BCUT2D eigenvalue weighted by molar-refractivity contribution is 5.91. The first-order chi connectivity index (χ1) is 13.5. The van der Waals surface area contributed by atoms with Crippen LogP contribution in [0.2, 0.25) is 0 Å². The molecule has 6 heteroatoms. The van der Waals surface area contributed by atoms with Crippen molar-refractivity contribution in [1.82, 2.24) is 0 Å². The molecule has 1 fully saturated rings. The molecule has 0 aliphatic heterocycles. The molecular formula is C22H21F2NO3. The van der Waals surface area contributed by atoms with Crippen LogP contribution in [0.3, 0.4) is 0 Å². The van der Waals surface area contributed by atoms with E-state index in [1.165, 1.54) is 6.07 Å². The molecule has 0 amide bonds. The number of hydrogen-bond acceptors (Lipinski definition) is 4. The molecule has 0 radical (unpaired) electrons. The zero-order valence-electron chi connectivity index (χ0n) is 15.6. The van der Waals surface area contributed by atoms with Crippen LogP contribution < -0.4 is 4.74 Å². The normalized spacial score (nSPS) is 19.1. The fraction of sp³-hybridized carbons (Fsp3) is 0.364. The van der Waals surface area contributed by atoms with Crippen molar-refractivity contribution in [3.8, 4) is 11.8 Å². The maximum Gasteiger partial charge on any atom is 0.343 e. The summed E-state index contributed by atoms with van der Waals surface area (Å²) in [5, 5.41) is 8.70. The first-order valence-corrected chi connectivity index (χ1v) is 9.35. The Labute approximate surface area is 162 Å². The minimum atomic E-state index is -1.35. The van der Waals surface area contributed by atoms with Crippen LogP contribution in [0.15, 0.2) is 36.4 Å². The topological polar surface area (TPSA) is 59.3 Å². The summed E-state index contributed by atoms with van der Waals surface area (Å²) >= 11 is 0. The van der Waals surface area contributed by atoms with Crippen molar-refractivity contribution in [2.24, 2.45) is 0 Å². The van der Waals surface area contributed by atoms with E-state index in [1.807, 2.05) is 19.1 Å².